The lowest BCUT2D eigenvalue weighted by molar-refractivity contribution is -0.131. The highest BCUT2D eigenvalue weighted by atomic mass is 32.2. The van der Waals surface area contributed by atoms with E-state index in [4.69, 9.17) is 0 Å². The lowest BCUT2D eigenvalue weighted by atomic mass is 10.3. The molecule has 0 N–H and O–H groups in total. The Bertz CT molecular complexity index is 623. The van der Waals surface area contributed by atoms with Crippen molar-refractivity contribution < 1.29 is 4.79 Å². The van der Waals surface area contributed by atoms with Gasteiger partial charge in [0.15, 0.2) is 0 Å². The lowest BCUT2D eigenvalue weighted by Gasteiger charge is -2.21. The van der Waals surface area contributed by atoms with E-state index in [0.717, 1.165) is 48.5 Å². The molecule has 0 saturated carbocycles. The molecule has 0 aliphatic rings. The Labute approximate surface area is 136 Å². The van der Waals surface area contributed by atoms with Crippen LogP contribution in [0.4, 0.5) is 0 Å². The van der Waals surface area contributed by atoms with Crippen LogP contribution in [-0.4, -0.2) is 39.7 Å². The smallest absolute Gasteiger partial charge is 0.242 e. The van der Waals surface area contributed by atoms with E-state index in [2.05, 4.69) is 22.7 Å². The van der Waals surface area contributed by atoms with E-state index < -0.39 is 0 Å². The van der Waals surface area contributed by atoms with Gasteiger partial charge in [0.05, 0.1) is 16.8 Å². The molecule has 0 fully saturated rings. The second kappa shape index (κ2) is 8.22. The largest absolute Gasteiger partial charge is 0.341 e. The zero-order chi connectivity index (χ0) is 15.9. The van der Waals surface area contributed by atoms with Crippen molar-refractivity contribution in [1.29, 1.82) is 0 Å². The van der Waals surface area contributed by atoms with E-state index in [1.807, 2.05) is 36.1 Å². The number of unbranched alkanes of at least 4 members (excludes halogenated alkanes) is 1. The SMILES string of the molecule is CCCCN(CC)C(=O)Cn1c(CSC)nc2ccccc21. The minimum Gasteiger partial charge on any atom is -0.341 e. The second-order valence-electron chi connectivity index (χ2n) is 5.36. The molecule has 4 nitrogen and oxygen atoms in total. The van der Waals surface area contributed by atoms with Crippen LogP contribution < -0.4 is 0 Å². The second-order valence-corrected chi connectivity index (χ2v) is 6.23. The topological polar surface area (TPSA) is 38.1 Å². The molecule has 2 aromatic rings. The van der Waals surface area contributed by atoms with Crippen LogP contribution in [0.1, 0.15) is 32.5 Å². The fraction of sp³-hybridized carbons (Fsp3) is 0.529. The molecule has 0 saturated heterocycles. The van der Waals surface area contributed by atoms with Gasteiger partial charge in [-0.1, -0.05) is 25.5 Å². The molecule has 5 heteroatoms. The predicted octanol–water partition coefficient (Wildman–Crippen LogP) is 3.55. The summed E-state index contributed by atoms with van der Waals surface area (Å²) in [4.78, 5) is 19.2. The summed E-state index contributed by atoms with van der Waals surface area (Å²) in [5, 5.41) is 0. The molecule has 0 radical (unpaired) electrons. The number of hydrogen-bond acceptors (Lipinski definition) is 3. The van der Waals surface area contributed by atoms with Gasteiger partial charge in [-0.15, -0.1) is 0 Å². The summed E-state index contributed by atoms with van der Waals surface area (Å²) in [6, 6.07) is 8.04. The first-order valence-electron chi connectivity index (χ1n) is 7.92. The molecule has 0 spiro atoms. The molecular weight excluding hydrogens is 294 g/mol. The van der Waals surface area contributed by atoms with Crippen LogP contribution in [0, 0.1) is 0 Å². The van der Waals surface area contributed by atoms with E-state index >= 15 is 0 Å². The van der Waals surface area contributed by atoms with E-state index in [9.17, 15) is 4.79 Å². The average molecular weight is 319 g/mol. The summed E-state index contributed by atoms with van der Waals surface area (Å²) in [7, 11) is 0. The Balaban J connectivity index is 2.25. The highest BCUT2D eigenvalue weighted by molar-refractivity contribution is 7.97. The lowest BCUT2D eigenvalue weighted by Crippen LogP contribution is -2.34. The molecule has 120 valence electrons. The fourth-order valence-corrected chi connectivity index (χ4v) is 3.06. The van der Waals surface area contributed by atoms with Gasteiger partial charge in [0.1, 0.15) is 12.4 Å². The number of para-hydroxylation sites is 2. The number of hydrogen-bond donors (Lipinski definition) is 0. The third-order valence-corrected chi connectivity index (χ3v) is 4.36. The molecule has 1 aromatic carbocycles. The standard InChI is InChI=1S/C17H25N3OS/c1-4-6-11-19(5-2)17(21)12-20-15-10-8-7-9-14(15)18-16(20)13-22-3/h7-10H,4-6,11-13H2,1-3H3. The summed E-state index contributed by atoms with van der Waals surface area (Å²) in [6.07, 6.45) is 4.22. The number of nitrogens with zero attached hydrogens (tertiary/aromatic N) is 3. The highest BCUT2D eigenvalue weighted by Gasteiger charge is 2.16. The van der Waals surface area contributed by atoms with Crippen molar-refractivity contribution in [3.8, 4) is 0 Å². The van der Waals surface area contributed by atoms with E-state index in [-0.39, 0.29) is 5.91 Å². The summed E-state index contributed by atoms with van der Waals surface area (Å²) in [6.45, 7) is 6.19. The molecule has 0 aliphatic carbocycles. The molecule has 22 heavy (non-hydrogen) atoms. The number of imidazole rings is 1. The van der Waals surface area contributed by atoms with Gasteiger partial charge in [-0.3, -0.25) is 4.79 Å². The Hall–Kier alpha value is -1.49. The van der Waals surface area contributed by atoms with Gasteiger partial charge in [0.25, 0.3) is 0 Å². The van der Waals surface area contributed by atoms with Crippen molar-refractivity contribution in [3.63, 3.8) is 0 Å². The first-order valence-corrected chi connectivity index (χ1v) is 9.31. The van der Waals surface area contributed by atoms with Gasteiger partial charge in [0, 0.05) is 13.1 Å². The zero-order valence-electron chi connectivity index (χ0n) is 13.7. The minimum absolute atomic E-state index is 0.182. The third kappa shape index (κ3) is 3.83. The summed E-state index contributed by atoms with van der Waals surface area (Å²) < 4.78 is 2.07. The number of benzene rings is 1. The number of thioether (sulfide) groups is 1. The molecule has 1 amide bonds. The van der Waals surface area contributed by atoms with Crippen LogP contribution in [-0.2, 0) is 17.1 Å². The summed E-state index contributed by atoms with van der Waals surface area (Å²) >= 11 is 1.73. The van der Waals surface area contributed by atoms with Crippen molar-refractivity contribution in [2.45, 2.75) is 39.0 Å². The predicted molar refractivity (Wildman–Crippen MR) is 94.1 cm³/mol. The van der Waals surface area contributed by atoms with Crippen molar-refractivity contribution in [2.24, 2.45) is 0 Å². The fourth-order valence-electron chi connectivity index (χ4n) is 2.58. The van der Waals surface area contributed by atoms with Crippen LogP contribution in [0.3, 0.4) is 0 Å². The minimum atomic E-state index is 0.182. The summed E-state index contributed by atoms with van der Waals surface area (Å²) in [5.41, 5.74) is 2.02. The van der Waals surface area contributed by atoms with Gasteiger partial charge in [-0.2, -0.15) is 11.8 Å². The van der Waals surface area contributed by atoms with E-state index in [1.54, 1.807) is 11.8 Å². The number of likely N-dealkylation sites (N-methyl/N-ethyl adjacent to an activating group) is 1. The Kier molecular flexibility index (Phi) is 6.31. The molecule has 1 heterocycles. The van der Waals surface area contributed by atoms with Gasteiger partial charge in [-0.25, -0.2) is 4.98 Å². The Morgan fingerprint density at radius 2 is 2.09 bits per heavy atom. The molecular formula is C17H25N3OS. The monoisotopic (exact) mass is 319 g/mol. The van der Waals surface area contributed by atoms with Gasteiger partial charge < -0.3 is 9.47 Å². The summed E-state index contributed by atoms with van der Waals surface area (Å²) in [5.74, 6) is 1.98. The van der Waals surface area contributed by atoms with Crippen LogP contribution in [0.5, 0.6) is 0 Å². The quantitative estimate of drug-likeness (QED) is 0.747. The number of carbonyl (C=O) groups is 1. The maximum Gasteiger partial charge on any atom is 0.242 e. The van der Waals surface area contributed by atoms with Crippen molar-refractivity contribution in [3.05, 3.63) is 30.1 Å². The molecule has 2 rings (SSSR count). The number of amides is 1. The Morgan fingerprint density at radius 3 is 2.77 bits per heavy atom. The van der Waals surface area contributed by atoms with Gasteiger partial charge in [0.2, 0.25) is 5.91 Å². The number of rotatable bonds is 8. The number of fused-ring (bicyclic) bond motifs is 1. The molecule has 0 unspecified atom stereocenters. The van der Waals surface area contributed by atoms with Crippen molar-refractivity contribution in [2.75, 3.05) is 19.3 Å². The third-order valence-electron chi connectivity index (χ3n) is 3.82. The molecule has 1 aromatic heterocycles. The first kappa shape index (κ1) is 16.9. The Morgan fingerprint density at radius 1 is 1.32 bits per heavy atom. The van der Waals surface area contributed by atoms with E-state index in [0.29, 0.717) is 6.54 Å². The van der Waals surface area contributed by atoms with Crippen LogP contribution in [0.25, 0.3) is 11.0 Å². The number of aromatic nitrogens is 2. The molecule has 0 bridgehead atoms. The maximum absolute atomic E-state index is 12.6. The number of carbonyl (C=O) groups excluding carboxylic acids is 1. The van der Waals surface area contributed by atoms with Gasteiger partial charge in [-0.05, 0) is 31.7 Å². The maximum atomic E-state index is 12.6. The van der Waals surface area contributed by atoms with Crippen LogP contribution in [0.15, 0.2) is 24.3 Å². The highest BCUT2D eigenvalue weighted by Crippen LogP contribution is 2.19. The van der Waals surface area contributed by atoms with Crippen LogP contribution >= 0.6 is 11.8 Å². The van der Waals surface area contributed by atoms with E-state index in [1.165, 1.54) is 0 Å². The van der Waals surface area contributed by atoms with Crippen molar-refractivity contribution in [1.82, 2.24) is 14.5 Å². The van der Waals surface area contributed by atoms with Crippen LogP contribution in [0.2, 0.25) is 0 Å². The van der Waals surface area contributed by atoms with Gasteiger partial charge >= 0.3 is 0 Å². The molecule has 0 atom stereocenters. The average Bonchev–Trinajstić information content (AvgIpc) is 2.86. The van der Waals surface area contributed by atoms with Crippen molar-refractivity contribution >= 4 is 28.7 Å². The zero-order valence-corrected chi connectivity index (χ0v) is 14.5. The molecule has 0 aliphatic heterocycles. The first-order chi connectivity index (χ1) is 10.7. The normalized spacial score (nSPS) is 11.0.